The van der Waals surface area contributed by atoms with Gasteiger partial charge in [0.1, 0.15) is 5.92 Å². The van der Waals surface area contributed by atoms with Gasteiger partial charge in [-0.15, -0.1) is 0 Å². The highest BCUT2D eigenvalue weighted by Gasteiger charge is 2.34. The van der Waals surface area contributed by atoms with Gasteiger partial charge in [0.15, 0.2) is 5.84 Å². The molecule has 114 valence electrons. The maximum atomic E-state index is 12.8. The zero-order chi connectivity index (χ0) is 15.2. The van der Waals surface area contributed by atoms with E-state index in [1.54, 1.807) is 29.2 Å². The molecule has 6 nitrogen and oxygen atoms in total. The predicted molar refractivity (Wildman–Crippen MR) is 79.0 cm³/mol. The number of amides is 1. The molecule has 2 rings (SSSR count). The van der Waals surface area contributed by atoms with Crippen LogP contribution in [0.3, 0.4) is 0 Å². The second-order valence-corrected chi connectivity index (χ2v) is 5.23. The van der Waals surface area contributed by atoms with Gasteiger partial charge in [0.05, 0.1) is 12.6 Å². The fraction of sp³-hybridized carbons (Fsp3) is 0.467. The van der Waals surface area contributed by atoms with Crippen molar-refractivity contribution < 1.29 is 15.1 Å². The Kier molecular flexibility index (Phi) is 5.16. The Morgan fingerprint density at radius 3 is 2.71 bits per heavy atom. The monoisotopic (exact) mass is 291 g/mol. The molecule has 0 saturated carbocycles. The molecule has 1 aromatic rings. The van der Waals surface area contributed by atoms with Gasteiger partial charge < -0.3 is 20.9 Å². The maximum absolute atomic E-state index is 12.8. The van der Waals surface area contributed by atoms with E-state index in [0.29, 0.717) is 12.1 Å². The van der Waals surface area contributed by atoms with Gasteiger partial charge in [-0.05, 0) is 24.8 Å². The molecule has 0 bridgehead atoms. The van der Waals surface area contributed by atoms with Gasteiger partial charge in [-0.25, -0.2) is 0 Å². The number of carbonyl (C=O) groups is 1. The van der Waals surface area contributed by atoms with Crippen molar-refractivity contribution in [1.29, 1.82) is 0 Å². The zero-order valence-corrected chi connectivity index (χ0v) is 11.9. The quantitative estimate of drug-likeness (QED) is 0.332. The summed E-state index contributed by atoms with van der Waals surface area (Å²) in [4.78, 5) is 14.5. The summed E-state index contributed by atoms with van der Waals surface area (Å²) in [5.74, 6) is -1.17. The molecule has 0 aromatic heterocycles. The molecule has 4 N–H and O–H groups in total. The average Bonchev–Trinajstić information content (AvgIpc) is 2.55. The minimum Gasteiger partial charge on any atom is -0.409 e. The van der Waals surface area contributed by atoms with Gasteiger partial charge >= 0.3 is 0 Å². The first-order chi connectivity index (χ1) is 10.2. The van der Waals surface area contributed by atoms with Crippen molar-refractivity contribution in [2.24, 2.45) is 10.9 Å². The van der Waals surface area contributed by atoms with E-state index in [2.05, 4.69) is 5.16 Å². The second-order valence-electron chi connectivity index (χ2n) is 5.23. The Balaban J connectivity index is 2.30. The smallest absolute Gasteiger partial charge is 0.238 e. The van der Waals surface area contributed by atoms with Crippen LogP contribution in [0.1, 0.15) is 30.7 Å². The Labute approximate surface area is 123 Å². The lowest BCUT2D eigenvalue weighted by atomic mass is 9.93. The molecule has 1 aromatic carbocycles. The number of likely N-dealkylation sites (tertiary alicyclic amines) is 1. The van der Waals surface area contributed by atoms with E-state index in [0.717, 1.165) is 19.3 Å². The molecule has 21 heavy (non-hydrogen) atoms. The largest absolute Gasteiger partial charge is 0.409 e. The molecule has 1 heterocycles. The molecule has 1 fully saturated rings. The number of rotatable bonds is 4. The third kappa shape index (κ3) is 3.33. The van der Waals surface area contributed by atoms with Gasteiger partial charge in [-0.2, -0.15) is 0 Å². The van der Waals surface area contributed by atoms with Crippen molar-refractivity contribution in [2.45, 2.75) is 31.2 Å². The van der Waals surface area contributed by atoms with Crippen LogP contribution in [0, 0.1) is 0 Å². The average molecular weight is 291 g/mol. The van der Waals surface area contributed by atoms with Crippen LogP contribution in [0.25, 0.3) is 0 Å². The van der Waals surface area contributed by atoms with Crippen molar-refractivity contribution in [3.63, 3.8) is 0 Å². The summed E-state index contributed by atoms with van der Waals surface area (Å²) < 4.78 is 0. The first-order valence-electron chi connectivity index (χ1n) is 7.12. The summed E-state index contributed by atoms with van der Waals surface area (Å²) in [5, 5.41) is 21.4. The van der Waals surface area contributed by atoms with Crippen LogP contribution < -0.4 is 5.73 Å². The van der Waals surface area contributed by atoms with Gasteiger partial charge in [0.2, 0.25) is 5.91 Å². The minimum absolute atomic E-state index is 0.0660. The third-order valence-electron chi connectivity index (χ3n) is 3.91. The molecular formula is C15H21N3O3. The summed E-state index contributed by atoms with van der Waals surface area (Å²) >= 11 is 0. The number of amidine groups is 1. The van der Waals surface area contributed by atoms with Crippen LogP contribution in [0.4, 0.5) is 0 Å². The molecule has 1 saturated heterocycles. The van der Waals surface area contributed by atoms with Crippen LogP contribution >= 0.6 is 0 Å². The molecule has 2 unspecified atom stereocenters. The number of benzene rings is 1. The van der Waals surface area contributed by atoms with Crippen LogP contribution in [0.5, 0.6) is 0 Å². The van der Waals surface area contributed by atoms with E-state index >= 15 is 0 Å². The summed E-state index contributed by atoms with van der Waals surface area (Å²) in [6.45, 7) is 0.523. The predicted octanol–water partition coefficient (Wildman–Crippen LogP) is 0.890. The molecule has 1 aliphatic rings. The van der Waals surface area contributed by atoms with Crippen molar-refractivity contribution in [1.82, 2.24) is 4.90 Å². The van der Waals surface area contributed by atoms with Gasteiger partial charge in [-0.3, -0.25) is 4.79 Å². The number of piperidine rings is 1. The topological polar surface area (TPSA) is 99.2 Å². The number of hydrogen-bond acceptors (Lipinski definition) is 4. The van der Waals surface area contributed by atoms with E-state index in [-0.39, 0.29) is 24.4 Å². The molecule has 2 atom stereocenters. The Hall–Kier alpha value is -2.08. The maximum Gasteiger partial charge on any atom is 0.238 e. The van der Waals surface area contributed by atoms with Crippen molar-refractivity contribution >= 4 is 11.7 Å². The fourth-order valence-corrected chi connectivity index (χ4v) is 2.79. The highest BCUT2D eigenvalue weighted by Crippen LogP contribution is 2.24. The Morgan fingerprint density at radius 1 is 1.38 bits per heavy atom. The lowest BCUT2D eigenvalue weighted by Crippen LogP contribution is -2.49. The number of aliphatic hydroxyl groups excluding tert-OH is 1. The number of hydrogen-bond donors (Lipinski definition) is 3. The van der Waals surface area contributed by atoms with Gasteiger partial charge in [0.25, 0.3) is 0 Å². The lowest BCUT2D eigenvalue weighted by Gasteiger charge is -2.36. The number of oxime groups is 1. The minimum atomic E-state index is -0.816. The van der Waals surface area contributed by atoms with E-state index in [9.17, 15) is 9.90 Å². The molecule has 0 aliphatic carbocycles. The molecule has 1 amide bonds. The lowest BCUT2D eigenvalue weighted by molar-refractivity contribution is -0.136. The van der Waals surface area contributed by atoms with Gasteiger partial charge in [-0.1, -0.05) is 35.5 Å². The zero-order valence-electron chi connectivity index (χ0n) is 11.9. The highest BCUT2D eigenvalue weighted by molar-refractivity contribution is 6.07. The number of nitrogens with two attached hydrogens (primary N) is 1. The van der Waals surface area contributed by atoms with Crippen molar-refractivity contribution in [3.05, 3.63) is 35.9 Å². The summed E-state index contributed by atoms with van der Waals surface area (Å²) in [6, 6.07) is 8.81. The first kappa shape index (κ1) is 15.3. The van der Waals surface area contributed by atoms with E-state index in [4.69, 9.17) is 10.9 Å². The number of carbonyl (C=O) groups excluding carboxylic acids is 1. The Morgan fingerprint density at radius 2 is 2.10 bits per heavy atom. The van der Waals surface area contributed by atoms with Crippen molar-refractivity contribution in [3.8, 4) is 0 Å². The molecule has 0 spiro atoms. The molecule has 0 radical (unpaired) electrons. The number of nitrogens with zero attached hydrogens (tertiary/aromatic N) is 2. The van der Waals surface area contributed by atoms with E-state index < -0.39 is 5.92 Å². The fourth-order valence-electron chi connectivity index (χ4n) is 2.79. The second kappa shape index (κ2) is 7.08. The normalized spacial score (nSPS) is 21.1. The van der Waals surface area contributed by atoms with Crippen LogP contribution in [0.15, 0.2) is 35.5 Å². The first-order valence-corrected chi connectivity index (χ1v) is 7.12. The van der Waals surface area contributed by atoms with Crippen LogP contribution in [-0.4, -0.2) is 46.1 Å². The molecule has 6 heteroatoms. The van der Waals surface area contributed by atoms with Crippen LogP contribution in [0.2, 0.25) is 0 Å². The molecular weight excluding hydrogens is 270 g/mol. The standard InChI is InChI=1S/C15H21N3O3/c16-14(17-21)13(11-6-2-1-3-7-11)15(20)18-9-5-4-8-12(18)10-19/h1-3,6-7,12-13,19,21H,4-5,8-10H2,(H2,16,17). The van der Waals surface area contributed by atoms with Crippen molar-refractivity contribution in [2.75, 3.05) is 13.2 Å². The van der Waals surface area contributed by atoms with Gasteiger partial charge in [0, 0.05) is 6.54 Å². The Bertz CT molecular complexity index is 504. The van der Waals surface area contributed by atoms with E-state index in [1.165, 1.54) is 0 Å². The SMILES string of the molecule is NC(=NO)C(C(=O)N1CCCCC1CO)c1ccccc1. The molecule has 1 aliphatic heterocycles. The summed E-state index contributed by atoms with van der Waals surface area (Å²) in [5.41, 5.74) is 6.41. The van der Waals surface area contributed by atoms with Crippen LogP contribution in [-0.2, 0) is 4.79 Å². The number of aliphatic hydroxyl groups is 1. The highest BCUT2D eigenvalue weighted by atomic mass is 16.4. The third-order valence-corrected chi connectivity index (χ3v) is 3.91. The van der Waals surface area contributed by atoms with E-state index in [1.807, 2.05) is 6.07 Å². The summed E-state index contributed by atoms with van der Waals surface area (Å²) in [6.07, 6.45) is 2.68. The summed E-state index contributed by atoms with van der Waals surface area (Å²) in [7, 11) is 0.